The van der Waals surface area contributed by atoms with Crippen molar-refractivity contribution in [3.63, 3.8) is 0 Å². The van der Waals surface area contributed by atoms with Crippen LogP contribution in [-0.2, 0) is 14.8 Å². The number of aromatic nitrogens is 2. The van der Waals surface area contributed by atoms with E-state index in [1.807, 2.05) is 0 Å². The number of halogens is 2. The number of piperazine rings is 1. The highest BCUT2D eigenvalue weighted by atomic mass is 35.5. The molecule has 0 unspecified atom stereocenters. The third kappa shape index (κ3) is 7.25. The Morgan fingerprint density at radius 2 is 1.95 bits per heavy atom. The summed E-state index contributed by atoms with van der Waals surface area (Å²) in [6.07, 6.45) is 8.08. The van der Waals surface area contributed by atoms with E-state index in [4.69, 9.17) is 16.3 Å². The number of carbonyl (C=O) groups excluding carboxylic acids is 1. The van der Waals surface area contributed by atoms with Crippen LogP contribution in [0, 0.1) is 11.7 Å². The number of nitrogens with one attached hydrogen (secondary N) is 2. The van der Waals surface area contributed by atoms with Crippen LogP contribution in [0.25, 0.3) is 10.9 Å². The second-order valence-corrected chi connectivity index (χ2v) is 12.3. The highest BCUT2D eigenvalue weighted by Gasteiger charge is 2.24. The molecule has 1 saturated carbocycles. The topological polar surface area (TPSA) is 117 Å². The molecule has 13 heteroatoms. The number of rotatable bonds is 10. The Bertz CT molecular complexity index is 1540. The number of fused-ring (bicyclic) bond motifs is 1. The molecule has 2 aliphatic rings. The Hall–Kier alpha value is -3.32. The normalized spacial score (nSPS) is 16.9. The summed E-state index contributed by atoms with van der Waals surface area (Å²) in [7, 11) is -3.19. The van der Waals surface area contributed by atoms with Crippen molar-refractivity contribution in [2.75, 3.05) is 56.2 Å². The van der Waals surface area contributed by atoms with Gasteiger partial charge in [0.2, 0.25) is 15.9 Å². The molecule has 2 aromatic carbocycles. The van der Waals surface area contributed by atoms with E-state index < -0.39 is 15.8 Å². The average Bonchev–Trinajstić information content (AvgIpc) is 3.74. The first-order valence-corrected chi connectivity index (χ1v) is 15.2. The number of hydrogen-bond acceptors (Lipinski definition) is 8. The van der Waals surface area contributed by atoms with Crippen molar-refractivity contribution in [2.24, 2.45) is 5.92 Å². The fourth-order valence-electron chi connectivity index (χ4n) is 4.33. The van der Waals surface area contributed by atoms with Gasteiger partial charge in [-0.25, -0.2) is 22.8 Å². The van der Waals surface area contributed by atoms with Crippen molar-refractivity contribution in [2.45, 2.75) is 12.8 Å². The van der Waals surface area contributed by atoms with Gasteiger partial charge in [0.25, 0.3) is 0 Å². The summed E-state index contributed by atoms with van der Waals surface area (Å²) in [5.41, 5.74) is 1.63. The lowest BCUT2D eigenvalue weighted by Gasteiger charge is -2.32. The monoisotopic (exact) mass is 588 g/mol. The smallest absolute Gasteiger partial charge is 0.248 e. The van der Waals surface area contributed by atoms with Crippen LogP contribution in [0.4, 0.5) is 21.6 Å². The SMILES string of the molecule is CS(=O)(=O)N1CCN(C/C=C/C(=O)Nc2cc3c(Nc4ccc(F)c(Cl)c4)ncnc3cc2OCC2CC2)CC1. The molecule has 2 N–H and O–H groups in total. The van der Waals surface area contributed by atoms with Crippen LogP contribution in [0.3, 0.4) is 0 Å². The molecule has 1 saturated heterocycles. The summed E-state index contributed by atoms with van der Waals surface area (Å²) in [5, 5.41) is 6.66. The molecule has 40 heavy (non-hydrogen) atoms. The summed E-state index contributed by atoms with van der Waals surface area (Å²) >= 11 is 5.94. The largest absolute Gasteiger partial charge is 0.491 e. The van der Waals surface area contributed by atoms with Gasteiger partial charge >= 0.3 is 0 Å². The zero-order valence-electron chi connectivity index (χ0n) is 21.9. The first-order valence-electron chi connectivity index (χ1n) is 12.9. The van der Waals surface area contributed by atoms with E-state index in [9.17, 15) is 17.6 Å². The first-order chi connectivity index (χ1) is 19.2. The number of sulfonamides is 1. The third-order valence-electron chi connectivity index (χ3n) is 6.78. The molecule has 2 heterocycles. The van der Waals surface area contributed by atoms with E-state index in [2.05, 4.69) is 25.5 Å². The second kappa shape index (κ2) is 12.0. The maximum Gasteiger partial charge on any atom is 0.248 e. The molecular weight excluding hydrogens is 559 g/mol. The summed E-state index contributed by atoms with van der Waals surface area (Å²) in [6, 6.07) is 7.80. The summed E-state index contributed by atoms with van der Waals surface area (Å²) in [6.45, 7) is 3.13. The molecule has 0 atom stereocenters. The van der Waals surface area contributed by atoms with Crippen molar-refractivity contribution < 1.29 is 22.3 Å². The number of ether oxygens (including phenoxy) is 1. The van der Waals surface area contributed by atoms with Crippen LogP contribution < -0.4 is 15.4 Å². The van der Waals surface area contributed by atoms with E-state index in [1.165, 1.54) is 35.1 Å². The Labute approximate surface area is 237 Å². The fraction of sp³-hybridized carbons (Fsp3) is 0.370. The summed E-state index contributed by atoms with van der Waals surface area (Å²) in [4.78, 5) is 23.7. The molecule has 1 amide bonds. The Morgan fingerprint density at radius 3 is 2.65 bits per heavy atom. The van der Waals surface area contributed by atoms with Gasteiger partial charge in [-0.3, -0.25) is 9.69 Å². The molecule has 1 aromatic heterocycles. The fourth-order valence-corrected chi connectivity index (χ4v) is 5.34. The van der Waals surface area contributed by atoms with E-state index >= 15 is 0 Å². The van der Waals surface area contributed by atoms with Crippen molar-refractivity contribution in [1.29, 1.82) is 0 Å². The molecular formula is C27H30ClFN6O4S. The highest BCUT2D eigenvalue weighted by molar-refractivity contribution is 7.88. The van der Waals surface area contributed by atoms with Gasteiger partial charge in [-0.2, -0.15) is 4.31 Å². The van der Waals surface area contributed by atoms with Gasteiger partial charge in [-0.05, 0) is 43.0 Å². The van der Waals surface area contributed by atoms with Gasteiger partial charge in [0, 0.05) is 55.9 Å². The van der Waals surface area contributed by atoms with Crippen molar-refractivity contribution in [3.8, 4) is 5.75 Å². The number of carbonyl (C=O) groups is 1. The zero-order chi connectivity index (χ0) is 28.3. The lowest BCUT2D eigenvalue weighted by Crippen LogP contribution is -2.48. The van der Waals surface area contributed by atoms with Crippen LogP contribution in [0.5, 0.6) is 5.75 Å². The van der Waals surface area contributed by atoms with Crippen molar-refractivity contribution in [1.82, 2.24) is 19.2 Å². The average molecular weight is 589 g/mol. The molecule has 2 fully saturated rings. The van der Waals surface area contributed by atoms with Crippen LogP contribution in [0.1, 0.15) is 12.8 Å². The van der Waals surface area contributed by atoms with Crippen molar-refractivity contribution >= 4 is 55.6 Å². The van der Waals surface area contributed by atoms with Gasteiger partial charge in [0.05, 0.1) is 29.1 Å². The van der Waals surface area contributed by atoms with Gasteiger partial charge in [0.15, 0.2) is 0 Å². The molecule has 10 nitrogen and oxygen atoms in total. The van der Waals surface area contributed by atoms with Crippen LogP contribution >= 0.6 is 11.6 Å². The van der Waals surface area contributed by atoms with E-state index in [0.29, 0.717) is 79.1 Å². The first kappa shape index (κ1) is 28.2. The van der Waals surface area contributed by atoms with Gasteiger partial charge in [0.1, 0.15) is 23.7 Å². The predicted octanol–water partition coefficient (Wildman–Crippen LogP) is 4.03. The molecule has 1 aliphatic carbocycles. The predicted molar refractivity (Wildman–Crippen MR) is 153 cm³/mol. The Balaban J connectivity index is 1.31. The quantitative estimate of drug-likeness (QED) is 0.341. The highest BCUT2D eigenvalue weighted by Crippen LogP contribution is 2.36. The van der Waals surface area contributed by atoms with E-state index in [0.717, 1.165) is 12.8 Å². The Morgan fingerprint density at radius 1 is 1.18 bits per heavy atom. The third-order valence-corrected chi connectivity index (χ3v) is 8.37. The molecule has 0 spiro atoms. The minimum atomic E-state index is -3.19. The molecule has 0 bridgehead atoms. The van der Waals surface area contributed by atoms with Gasteiger partial charge in [-0.15, -0.1) is 0 Å². The molecule has 0 radical (unpaired) electrons. The van der Waals surface area contributed by atoms with Crippen LogP contribution in [0.2, 0.25) is 5.02 Å². The zero-order valence-corrected chi connectivity index (χ0v) is 23.5. The number of hydrogen-bond donors (Lipinski definition) is 2. The van der Waals surface area contributed by atoms with Crippen LogP contribution in [0.15, 0.2) is 48.8 Å². The number of anilines is 3. The summed E-state index contributed by atoms with van der Waals surface area (Å²) < 4.78 is 44.5. The van der Waals surface area contributed by atoms with Gasteiger partial charge in [-0.1, -0.05) is 17.7 Å². The second-order valence-electron chi connectivity index (χ2n) is 9.95. The maximum absolute atomic E-state index is 13.6. The number of amides is 1. The lowest BCUT2D eigenvalue weighted by molar-refractivity contribution is -0.111. The molecule has 212 valence electrons. The van der Waals surface area contributed by atoms with Crippen molar-refractivity contribution in [3.05, 3.63) is 59.7 Å². The Kier molecular flexibility index (Phi) is 8.50. The van der Waals surface area contributed by atoms with E-state index in [-0.39, 0.29) is 10.9 Å². The maximum atomic E-state index is 13.6. The van der Waals surface area contributed by atoms with E-state index in [1.54, 1.807) is 24.3 Å². The number of nitrogens with zero attached hydrogens (tertiary/aromatic N) is 4. The van der Waals surface area contributed by atoms with Crippen LogP contribution in [-0.4, -0.2) is 79.1 Å². The molecule has 3 aromatic rings. The summed E-state index contributed by atoms with van der Waals surface area (Å²) in [5.74, 6) is 0.620. The lowest BCUT2D eigenvalue weighted by atomic mass is 10.1. The molecule has 1 aliphatic heterocycles. The minimum Gasteiger partial charge on any atom is -0.491 e. The number of benzene rings is 2. The standard InChI is InChI=1S/C27H30ClFN6O4S/c1-40(37,38)35-11-9-34(10-12-35)8-2-3-26(36)33-24-14-20-23(15-25(24)39-16-18-4-5-18)30-17-31-27(20)32-19-6-7-22(29)21(28)13-19/h2-3,6-7,13-15,17-18H,4-5,8-12,16H2,1H3,(H,33,36)(H,30,31,32)/b3-2+. The minimum absolute atomic E-state index is 0.0175. The van der Waals surface area contributed by atoms with Gasteiger partial charge < -0.3 is 15.4 Å². The molecule has 5 rings (SSSR count).